The van der Waals surface area contributed by atoms with Gasteiger partial charge in [-0.05, 0) is 53.1 Å². The molecule has 0 aliphatic heterocycles. The van der Waals surface area contributed by atoms with Crippen LogP contribution >= 0.6 is 15.9 Å². The summed E-state index contributed by atoms with van der Waals surface area (Å²) in [7, 11) is 0. The first-order chi connectivity index (χ1) is 9.88. The van der Waals surface area contributed by atoms with Crippen molar-refractivity contribution in [3.8, 4) is 0 Å². The van der Waals surface area contributed by atoms with Gasteiger partial charge < -0.3 is 5.32 Å². The first kappa shape index (κ1) is 15.9. The Balaban J connectivity index is 2.13. The minimum atomic E-state index is -0.492. The Labute approximate surface area is 132 Å². The molecule has 2 rings (SSSR count). The van der Waals surface area contributed by atoms with Crippen molar-refractivity contribution in [2.45, 2.75) is 39.2 Å². The highest BCUT2D eigenvalue weighted by Crippen LogP contribution is 2.29. The van der Waals surface area contributed by atoms with Gasteiger partial charge in [0, 0.05) is 22.6 Å². The number of nitrogens with zero attached hydrogens (tertiary/aromatic N) is 1. The van der Waals surface area contributed by atoms with Crippen molar-refractivity contribution in [2.75, 3.05) is 0 Å². The van der Waals surface area contributed by atoms with E-state index in [1.807, 2.05) is 0 Å². The highest BCUT2D eigenvalue weighted by molar-refractivity contribution is 9.10. The second-order valence-corrected chi connectivity index (χ2v) is 6.75. The second-order valence-electron chi connectivity index (χ2n) is 5.90. The molecule has 1 aliphatic rings. The highest BCUT2D eigenvalue weighted by atomic mass is 79.9. The molecule has 1 aromatic rings. The number of hydrogen-bond acceptors (Lipinski definition) is 3. The van der Waals surface area contributed by atoms with Gasteiger partial charge in [0.25, 0.3) is 11.6 Å². The molecular weight excluding hydrogens is 336 g/mol. The van der Waals surface area contributed by atoms with Gasteiger partial charge in [0.15, 0.2) is 0 Å². The zero-order valence-electron chi connectivity index (χ0n) is 12.1. The summed E-state index contributed by atoms with van der Waals surface area (Å²) in [4.78, 5) is 22.7. The van der Waals surface area contributed by atoms with Gasteiger partial charge in [-0.3, -0.25) is 14.9 Å². The minimum Gasteiger partial charge on any atom is -0.349 e. The summed E-state index contributed by atoms with van der Waals surface area (Å²) in [6, 6.07) is 4.38. The number of halogens is 1. The maximum absolute atomic E-state index is 12.4. The number of benzene rings is 1. The number of non-ortho nitro benzene ring substituents is 1. The molecule has 0 aromatic heterocycles. The van der Waals surface area contributed by atoms with Crippen LogP contribution in [0.25, 0.3) is 0 Å². The van der Waals surface area contributed by atoms with Crippen LogP contribution in [0.5, 0.6) is 0 Å². The van der Waals surface area contributed by atoms with Crippen molar-refractivity contribution in [3.05, 3.63) is 38.3 Å². The molecule has 5 nitrogen and oxygen atoms in total. The van der Waals surface area contributed by atoms with Crippen LogP contribution in [-0.2, 0) is 0 Å². The summed E-state index contributed by atoms with van der Waals surface area (Å²) in [5, 5.41) is 13.8. The van der Waals surface area contributed by atoms with Crippen LogP contribution in [0.2, 0.25) is 0 Å². The predicted molar refractivity (Wildman–Crippen MR) is 84.2 cm³/mol. The van der Waals surface area contributed by atoms with Crippen LogP contribution in [-0.4, -0.2) is 16.9 Å². The van der Waals surface area contributed by atoms with Gasteiger partial charge >= 0.3 is 0 Å². The number of carbonyl (C=O) groups is 1. The van der Waals surface area contributed by atoms with Crippen molar-refractivity contribution < 1.29 is 9.72 Å². The Kier molecular flexibility index (Phi) is 4.98. The normalized spacial score (nSPS) is 25.4. The third-order valence-electron chi connectivity index (χ3n) is 4.15. The van der Waals surface area contributed by atoms with E-state index in [0.29, 0.717) is 21.9 Å². The maximum Gasteiger partial charge on any atom is 0.270 e. The number of hydrogen-bond donors (Lipinski definition) is 1. The van der Waals surface area contributed by atoms with Crippen molar-refractivity contribution in [1.29, 1.82) is 0 Å². The van der Waals surface area contributed by atoms with Crippen molar-refractivity contribution >= 4 is 27.5 Å². The summed E-state index contributed by atoms with van der Waals surface area (Å²) in [6.07, 6.45) is 3.16. The molecule has 1 fully saturated rings. The lowest BCUT2D eigenvalue weighted by Gasteiger charge is -2.33. The van der Waals surface area contributed by atoms with Gasteiger partial charge in [0.2, 0.25) is 0 Å². The molecule has 0 heterocycles. The molecule has 1 aromatic carbocycles. The molecule has 1 amide bonds. The van der Waals surface area contributed by atoms with Crippen molar-refractivity contribution in [3.63, 3.8) is 0 Å². The molecule has 0 bridgehead atoms. The minimum absolute atomic E-state index is 0.0753. The Morgan fingerprint density at radius 3 is 2.71 bits per heavy atom. The molecule has 114 valence electrons. The van der Waals surface area contributed by atoms with Crippen LogP contribution < -0.4 is 5.32 Å². The first-order valence-corrected chi connectivity index (χ1v) is 7.92. The number of amides is 1. The molecule has 3 atom stereocenters. The smallest absolute Gasteiger partial charge is 0.270 e. The van der Waals surface area contributed by atoms with Gasteiger partial charge in [-0.2, -0.15) is 0 Å². The molecule has 1 saturated carbocycles. The van der Waals surface area contributed by atoms with Crippen LogP contribution in [0.4, 0.5) is 5.69 Å². The van der Waals surface area contributed by atoms with E-state index in [1.165, 1.54) is 12.1 Å². The molecule has 0 saturated heterocycles. The molecule has 1 aliphatic carbocycles. The van der Waals surface area contributed by atoms with Crippen molar-refractivity contribution in [1.82, 2.24) is 5.32 Å². The van der Waals surface area contributed by atoms with E-state index in [4.69, 9.17) is 0 Å². The summed E-state index contributed by atoms with van der Waals surface area (Å²) in [5.41, 5.74) is 0.240. The quantitative estimate of drug-likeness (QED) is 0.660. The first-order valence-electron chi connectivity index (χ1n) is 7.13. The van der Waals surface area contributed by atoms with Crippen molar-refractivity contribution in [2.24, 2.45) is 11.8 Å². The van der Waals surface area contributed by atoms with Crippen LogP contribution in [0.15, 0.2) is 22.7 Å². The average molecular weight is 355 g/mol. The Morgan fingerprint density at radius 1 is 1.38 bits per heavy atom. The number of nitro benzene ring substituents is 1. The largest absolute Gasteiger partial charge is 0.349 e. The molecular formula is C15H19BrN2O3. The summed E-state index contributed by atoms with van der Waals surface area (Å²) < 4.78 is 0.572. The third-order valence-corrected chi connectivity index (χ3v) is 4.84. The monoisotopic (exact) mass is 354 g/mol. The average Bonchev–Trinajstić information content (AvgIpc) is 2.42. The number of nitro groups is 1. The summed E-state index contributed by atoms with van der Waals surface area (Å²) in [6.45, 7) is 4.37. The standard InChI is InChI=1S/C15H19BrN2O3/c1-9-3-6-14(10(2)7-9)17-15(19)12-8-11(18(20)21)4-5-13(12)16/h4-5,8-10,14H,3,6-7H2,1-2H3,(H,17,19). The third kappa shape index (κ3) is 3.81. The second kappa shape index (κ2) is 6.56. The Morgan fingerprint density at radius 2 is 2.10 bits per heavy atom. The molecule has 0 spiro atoms. The van der Waals surface area contributed by atoms with Crippen LogP contribution in [0, 0.1) is 22.0 Å². The topological polar surface area (TPSA) is 72.2 Å². The number of rotatable bonds is 3. The number of carbonyl (C=O) groups excluding carboxylic acids is 1. The Bertz CT molecular complexity index is 562. The summed E-state index contributed by atoms with van der Waals surface area (Å²) in [5.74, 6) is 0.866. The van der Waals surface area contributed by atoms with E-state index in [9.17, 15) is 14.9 Å². The van der Waals surface area contributed by atoms with Crippen LogP contribution in [0.1, 0.15) is 43.5 Å². The fraction of sp³-hybridized carbons (Fsp3) is 0.533. The lowest BCUT2D eigenvalue weighted by molar-refractivity contribution is -0.384. The highest BCUT2D eigenvalue weighted by Gasteiger charge is 2.27. The molecule has 21 heavy (non-hydrogen) atoms. The maximum atomic E-state index is 12.4. The van der Waals surface area contributed by atoms with Gasteiger partial charge in [-0.15, -0.1) is 0 Å². The van der Waals surface area contributed by atoms with E-state index in [-0.39, 0.29) is 17.6 Å². The predicted octanol–water partition coefficient (Wildman–Crippen LogP) is 3.91. The molecule has 1 N–H and O–H groups in total. The van der Waals surface area contributed by atoms with E-state index in [2.05, 4.69) is 35.1 Å². The van der Waals surface area contributed by atoms with Gasteiger partial charge in [0.1, 0.15) is 0 Å². The summed E-state index contributed by atoms with van der Waals surface area (Å²) >= 11 is 3.29. The lowest BCUT2D eigenvalue weighted by atomic mass is 9.80. The molecule has 3 unspecified atom stereocenters. The SMILES string of the molecule is CC1CCC(NC(=O)c2cc([N+](=O)[O-])ccc2Br)C(C)C1. The van der Waals surface area contributed by atoms with E-state index in [1.54, 1.807) is 6.07 Å². The van der Waals surface area contributed by atoms with E-state index in [0.717, 1.165) is 19.3 Å². The fourth-order valence-electron chi connectivity index (χ4n) is 2.93. The fourth-order valence-corrected chi connectivity index (χ4v) is 3.35. The number of nitrogens with one attached hydrogen (secondary N) is 1. The zero-order valence-corrected chi connectivity index (χ0v) is 13.7. The Hall–Kier alpha value is -1.43. The van der Waals surface area contributed by atoms with Crippen LogP contribution in [0.3, 0.4) is 0 Å². The van der Waals surface area contributed by atoms with E-state index < -0.39 is 4.92 Å². The van der Waals surface area contributed by atoms with Gasteiger partial charge in [0.05, 0.1) is 10.5 Å². The molecule has 0 radical (unpaired) electrons. The van der Waals surface area contributed by atoms with E-state index >= 15 is 0 Å². The van der Waals surface area contributed by atoms with Gasteiger partial charge in [-0.1, -0.05) is 13.8 Å². The zero-order chi connectivity index (χ0) is 15.6. The van der Waals surface area contributed by atoms with Gasteiger partial charge in [-0.25, -0.2) is 0 Å². The lowest BCUT2D eigenvalue weighted by Crippen LogP contribution is -2.42. The molecule has 6 heteroatoms.